The SMILES string of the molecule is CCOC(=O)c1ccc(-c2cc(C)[nH]n2)cc1. The molecule has 0 atom stereocenters. The number of carbonyl (C=O) groups excluding carboxylic acids is 1. The third-order valence-corrected chi connectivity index (χ3v) is 2.40. The number of nitrogens with one attached hydrogen (secondary N) is 1. The van der Waals surface area contributed by atoms with Gasteiger partial charge in [-0.25, -0.2) is 4.79 Å². The minimum absolute atomic E-state index is 0.294. The minimum atomic E-state index is -0.294. The lowest BCUT2D eigenvalue weighted by Gasteiger charge is -2.02. The molecular weight excluding hydrogens is 216 g/mol. The quantitative estimate of drug-likeness (QED) is 0.824. The smallest absolute Gasteiger partial charge is 0.338 e. The summed E-state index contributed by atoms with van der Waals surface area (Å²) in [5, 5.41) is 7.04. The van der Waals surface area contributed by atoms with E-state index < -0.39 is 0 Å². The largest absolute Gasteiger partial charge is 0.462 e. The Kier molecular flexibility index (Phi) is 3.23. The molecule has 17 heavy (non-hydrogen) atoms. The van der Waals surface area contributed by atoms with E-state index in [0.29, 0.717) is 12.2 Å². The van der Waals surface area contributed by atoms with Gasteiger partial charge in [-0.15, -0.1) is 0 Å². The number of aromatic amines is 1. The van der Waals surface area contributed by atoms with E-state index in [1.54, 1.807) is 19.1 Å². The van der Waals surface area contributed by atoms with Crippen LogP contribution in [0.5, 0.6) is 0 Å². The Balaban J connectivity index is 2.21. The fraction of sp³-hybridized carbons (Fsp3) is 0.231. The van der Waals surface area contributed by atoms with Crippen molar-refractivity contribution in [3.63, 3.8) is 0 Å². The molecule has 1 N–H and O–H groups in total. The number of H-pyrrole nitrogens is 1. The summed E-state index contributed by atoms with van der Waals surface area (Å²) < 4.78 is 4.92. The lowest BCUT2D eigenvalue weighted by Crippen LogP contribution is -2.03. The summed E-state index contributed by atoms with van der Waals surface area (Å²) in [7, 11) is 0. The van der Waals surface area contributed by atoms with Gasteiger partial charge in [-0.2, -0.15) is 5.10 Å². The Morgan fingerprint density at radius 3 is 2.59 bits per heavy atom. The molecule has 0 amide bonds. The highest BCUT2D eigenvalue weighted by atomic mass is 16.5. The molecule has 4 heteroatoms. The second-order valence-electron chi connectivity index (χ2n) is 3.73. The number of hydrogen-bond acceptors (Lipinski definition) is 3. The molecule has 0 spiro atoms. The van der Waals surface area contributed by atoms with E-state index >= 15 is 0 Å². The van der Waals surface area contributed by atoms with Crippen LogP contribution in [-0.4, -0.2) is 22.8 Å². The normalized spacial score (nSPS) is 10.2. The monoisotopic (exact) mass is 230 g/mol. The van der Waals surface area contributed by atoms with E-state index in [1.807, 2.05) is 25.1 Å². The number of carbonyl (C=O) groups is 1. The maximum absolute atomic E-state index is 11.5. The summed E-state index contributed by atoms with van der Waals surface area (Å²) in [6.45, 7) is 4.13. The Morgan fingerprint density at radius 2 is 2.06 bits per heavy atom. The van der Waals surface area contributed by atoms with E-state index in [2.05, 4.69) is 10.2 Å². The summed E-state index contributed by atoms with van der Waals surface area (Å²) in [6, 6.07) is 9.18. The first-order valence-electron chi connectivity index (χ1n) is 5.50. The first-order valence-corrected chi connectivity index (χ1v) is 5.50. The van der Waals surface area contributed by atoms with E-state index in [9.17, 15) is 4.79 Å². The van der Waals surface area contributed by atoms with E-state index in [1.165, 1.54) is 0 Å². The van der Waals surface area contributed by atoms with Crippen LogP contribution in [0.15, 0.2) is 30.3 Å². The topological polar surface area (TPSA) is 55.0 Å². The van der Waals surface area contributed by atoms with Crippen LogP contribution < -0.4 is 0 Å². The van der Waals surface area contributed by atoms with Crippen molar-refractivity contribution in [2.75, 3.05) is 6.61 Å². The number of aromatic nitrogens is 2. The van der Waals surface area contributed by atoms with Gasteiger partial charge < -0.3 is 4.74 Å². The van der Waals surface area contributed by atoms with Crippen LogP contribution in [0.2, 0.25) is 0 Å². The van der Waals surface area contributed by atoms with Crippen molar-refractivity contribution in [1.82, 2.24) is 10.2 Å². The lowest BCUT2D eigenvalue weighted by atomic mass is 10.1. The molecule has 1 aromatic heterocycles. The number of ether oxygens (including phenoxy) is 1. The summed E-state index contributed by atoms with van der Waals surface area (Å²) in [5.74, 6) is -0.294. The Labute approximate surface area is 99.6 Å². The van der Waals surface area contributed by atoms with Crippen LogP contribution >= 0.6 is 0 Å². The third-order valence-electron chi connectivity index (χ3n) is 2.40. The number of rotatable bonds is 3. The molecule has 0 radical (unpaired) electrons. The molecule has 1 heterocycles. The highest BCUT2D eigenvalue weighted by molar-refractivity contribution is 5.89. The van der Waals surface area contributed by atoms with Crippen LogP contribution in [0.4, 0.5) is 0 Å². The maximum atomic E-state index is 11.5. The Bertz CT molecular complexity index is 514. The van der Waals surface area contributed by atoms with Gasteiger partial charge in [0.05, 0.1) is 17.9 Å². The molecule has 4 nitrogen and oxygen atoms in total. The van der Waals surface area contributed by atoms with Gasteiger partial charge in [0.25, 0.3) is 0 Å². The zero-order chi connectivity index (χ0) is 12.3. The molecule has 0 saturated heterocycles. The van der Waals surface area contributed by atoms with Crippen molar-refractivity contribution in [3.8, 4) is 11.3 Å². The Hall–Kier alpha value is -2.10. The Morgan fingerprint density at radius 1 is 1.35 bits per heavy atom. The van der Waals surface area contributed by atoms with Gasteiger partial charge in [-0.3, -0.25) is 5.10 Å². The number of nitrogens with zero attached hydrogens (tertiary/aromatic N) is 1. The fourth-order valence-electron chi connectivity index (χ4n) is 1.56. The zero-order valence-corrected chi connectivity index (χ0v) is 9.86. The van der Waals surface area contributed by atoms with Gasteiger partial charge in [0.2, 0.25) is 0 Å². The van der Waals surface area contributed by atoms with Gasteiger partial charge in [0, 0.05) is 11.3 Å². The van der Waals surface area contributed by atoms with Crippen molar-refractivity contribution in [3.05, 3.63) is 41.6 Å². The summed E-state index contributed by atoms with van der Waals surface area (Å²) in [5.41, 5.74) is 3.41. The summed E-state index contributed by atoms with van der Waals surface area (Å²) >= 11 is 0. The highest BCUT2D eigenvalue weighted by Gasteiger charge is 2.07. The van der Waals surface area contributed by atoms with Crippen LogP contribution in [-0.2, 0) is 4.74 Å². The summed E-state index contributed by atoms with van der Waals surface area (Å²) in [4.78, 5) is 11.5. The third kappa shape index (κ3) is 2.53. The van der Waals surface area contributed by atoms with E-state index in [0.717, 1.165) is 17.0 Å². The average molecular weight is 230 g/mol. The first-order chi connectivity index (χ1) is 8.20. The van der Waals surface area contributed by atoms with Crippen LogP contribution in [0.25, 0.3) is 11.3 Å². The highest BCUT2D eigenvalue weighted by Crippen LogP contribution is 2.18. The zero-order valence-electron chi connectivity index (χ0n) is 9.86. The summed E-state index contributed by atoms with van der Waals surface area (Å²) in [6.07, 6.45) is 0. The molecule has 0 fully saturated rings. The molecule has 2 rings (SSSR count). The number of hydrogen-bond donors (Lipinski definition) is 1. The second kappa shape index (κ2) is 4.82. The van der Waals surface area contributed by atoms with Crippen LogP contribution in [0.3, 0.4) is 0 Å². The van der Waals surface area contributed by atoms with Crippen molar-refractivity contribution in [1.29, 1.82) is 0 Å². The molecule has 0 saturated carbocycles. The van der Waals surface area contributed by atoms with Gasteiger partial charge in [-0.1, -0.05) is 12.1 Å². The standard InChI is InChI=1S/C13H14N2O2/c1-3-17-13(16)11-6-4-10(5-7-11)12-8-9(2)14-15-12/h4-8H,3H2,1-2H3,(H,14,15). The van der Waals surface area contributed by atoms with Crippen molar-refractivity contribution in [2.24, 2.45) is 0 Å². The van der Waals surface area contributed by atoms with Crippen LogP contribution in [0.1, 0.15) is 23.0 Å². The van der Waals surface area contributed by atoms with Gasteiger partial charge in [0.15, 0.2) is 0 Å². The minimum Gasteiger partial charge on any atom is -0.462 e. The molecule has 0 aliphatic heterocycles. The number of esters is 1. The molecule has 0 aliphatic rings. The predicted molar refractivity (Wildman–Crippen MR) is 64.7 cm³/mol. The number of aryl methyl sites for hydroxylation is 1. The van der Waals surface area contributed by atoms with Gasteiger partial charge in [0.1, 0.15) is 0 Å². The second-order valence-corrected chi connectivity index (χ2v) is 3.73. The predicted octanol–water partition coefficient (Wildman–Crippen LogP) is 2.56. The van der Waals surface area contributed by atoms with E-state index in [-0.39, 0.29) is 5.97 Å². The molecule has 0 bridgehead atoms. The first kappa shape index (κ1) is 11.4. The molecule has 2 aromatic rings. The fourth-order valence-corrected chi connectivity index (χ4v) is 1.56. The van der Waals surface area contributed by atoms with Gasteiger partial charge >= 0.3 is 5.97 Å². The molecule has 0 aliphatic carbocycles. The molecule has 88 valence electrons. The van der Waals surface area contributed by atoms with E-state index in [4.69, 9.17) is 4.74 Å². The molecular formula is C13H14N2O2. The van der Waals surface area contributed by atoms with Crippen molar-refractivity contribution in [2.45, 2.75) is 13.8 Å². The van der Waals surface area contributed by atoms with Crippen molar-refractivity contribution >= 4 is 5.97 Å². The number of benzene rings is 1. The van der Waals surface area contributed by atoms with Crippen molar-refractivity contribution < 1.29 is 9.53 Å². The maximum Gasteiger partial charge on any atom is 0.338 e. The molecule has 0 unspecified atom stereocenters. The molecule has 1 aromatic carbocycles. The lowest BCUT2D eigenvalue weighted by molar-refractivity contribution is 0.0526. The average Bonchev–Trinajstić information content (AvgIpc) is 2.76. The van der Waals surface area contributed by atoms with Gasteiger partial charge in [-0.05, 0) is 32.0 Å². The van der Waals surface area contributed by atoms with Crippen LogP contribution in [0, 0.1) is 6.92 Å².